The molecule has 0 atom stereocenters. The molecule has 14 heavy (non-hydrogen) atoms. The number of rotatable bonds is 0. The van der Waals surface area contributed by atoms with Crippen molar-refractivity contribution in [3.05, 3.63) is 23.0 Å². The zero-order valence-electron chi connectivity index (χ0n) is 7.17. The minimum Gasteiger partial charge on any atom is -0.104 e. The lowest BCUT2D eigenvalue weighted by molar-refractivity contribution is 1.14. The summed E-state index contributed by atoms with van der Waals surface area (Å²) in [6.07, 6.45) is 7.01. The van der Waals surface area contributed by atoms with Crippen molar-refractivity contribution in [1.82, 2.24) is 0 Å². The summed E-state index contributed by atoms with van der Waals surface area (Å²) in [6.45, 7) is 0. The molecule has 3 aliphatic rings. The van der Waals surface area contributed by atoms with Crippen LogP contribution in [0.4, 0.5) is 0 Å². The third-order valence-electron chi connectivity index (χ3n) is 2.01. The summed E-state index contributed by atoms with van der Waals surface area (Å²) in [5.74, 6) is 0. The highest BCUT2D eigenvalue weighted by Gasteiger charge is 2.47. The van der Waals surface area contributed by atoms with Crippen LogP contribution in [0.3, 0.4) is 0 Å². The maximum absolute atomic E-state index is 2.30. The topological polar surface area (TPSA) is 0 Å². The maximum Gasteiger partial charge on any atom is 0.134 e. The third-order valence-corrected chi connectivity index (χ3v) is 15.2. The summed E-state index contributed by atoms with van der Waals surface area (Å²) in [5, 5.41) is 4.50. The molecule has 0 bridgehead atoms. The normalized spacial score (nSPS) is 45.7. The van der Waals surface area contributed by atoms with Gasteiger partial charge in [-0.1, -0.05) is 55.3 Å². The van der Waals surface area contributed by atoms with E-state index in [1.165, 1.54) is 12.8 Å². The van der Waals surface area contributed by atoms with Crippen LogP contribution in [0.2, 0.25) is 0 Å². The summed E-state index contributed by atoms with van der Waals surface area (Å²) in [5.41, 5.74) is 0. The van der Waals surface area contributed by atoms with Crippen LogP contribution in [0.25, 0.3) is 0 Å². The van der Waals surface area contributed by atoms with Crippen LogP contribution in [0.15, 0.2) is 23.0 Å². The van der Waals surface area contributed by atoms with Crippen LogP contribution in [0.1, 0.15) is 12.8 Å². The SMILES string of the molecule is C1=CSC2(C1)SSC1(CC=CS1)SS2. The van der Waals surface area contributed by atoms with Gasteiger partial charge in [0.1, 0.15) is 6.82 Å². The van der Waals surface area contributed by atoms with Gasteiger partial charge in [0.05, 0.1) is 0 Å². The van der Waals surface area contributed by atoms with E-state index in [2.05, 4.69) is 66.1 Å². The zero-order valence-corrected chi connectivity index (χ0v) is 12.1. The summed E-state index contributed by atoms with van der Waals surface area (Å²) in [6, 6.07) is 0. The molecular formula is C8H8S6. The Kier molecular flexibility index (Phi) is 3.15. The van der Waals surface area contributed by atoms with Crippen molar-refractivity contribution < 1.29 is 0 Å². The molecule has 76 valence electrons. The first-order valence-electron chi connectivity index (χ1n) is 4.22. The molecule has 2 spiro atoms. The molecule has 1 saturated heterocycles. The second-order valence-corrected chi connectivity index (χ2v) is 12.5. The number of allylic oxidation sites excluding steroid dienone is 2. The van der Waals surface area contributed by atoms with Crippen molar-refractivity contribution in [2.24, 2.45) is 0 Å². The Labute approximate surface area is 108 Å². The van der Waals surface area contributed by atoms with Gasteiger partial charge in [0.25, 0.3) is 0 Å². The Morgan fingerprint density at radius 1 is 0.714 bits per heavy atom. The van der Waals surface area contributed by atoms with Gasteiger partial charge in [0.2, 0.25) is 0 Å². The van der Waals surface area contributed by atoms with E-state index in [1.807, 2.05) is 23.5 Å². The Morgan fingerprint density at radius 3 is 1.43 bits per heavy atom. The molecule has 0 nitrogen and oxygen atoms in total. The first-order chi connectivity index (χ1) is 6.83. The number of hydrogen-bond acceptors (Lipinski definition) is 6. The van der Waals surface area contributed by atoms with Gasteiger partial charge in [0.15, 0.2) is 0 Å². The molecule has 0 amide bonds. The smallest absolute Gasteiger partial charge is 0.104 e. The molecule has 0 aromatic rings. The molecule has 0 aliphatic carbocycles. The summed E-state index contributed by atoms with van der Waals surface area (Å²) >= 11 is 3.96. The Morgan fingerprint density at radius 2 is 1.14 bits per heavy atom. The Hall–Kier alpha value is 1.58. The van der Waals surface area contributed by atoms with Gasteiger partial charge in [0, 0.05) is 12.8 Å². The molecule has 6 heteroatoms. The summed E-state index contributed by atoms with van der Waals surface area (Å²) in [4.78, 5) is 0. The molecule has 0 radical (unpaired) electrons. The highest BCUT2D eigenvalue weighted by atomic mass is 33.2. The van der Waals surface area contributed by atoms with E-state index in [-0.39, 0.29) is 0 Å². The molecule has 3 rings (SSSR count). The first-order valence-corrected chi connectivity index (χ1v) is 10.3. The standard InChI is InChI=1S/C8H8S6/c1-3-7(9-5-1)11-13-8(14-12-7)4-2-6-10-8/h1-2,5-6H,3-4H2. The van der Waals surface area contributed by atoms with Gasteiger partial charge in [-0.3, -0.25) is 0 Å². The highest BCUT2D eigenvalue weighted by molar-refractivity contribution is 8.98. The Bertz CT molecular complexity index is 238. The average molecular weight is 297 g/mol. The van der Waals surface area contributed by atoms with Crippen LogP contribution in [0, 0.1) is 0 Å². The van der Waals surface area contributed by atoms with E-state index in [1.54, 1.807) is 0 Å². The fourth-order valence-corrected chi connectivity index (χ4v) is 13.4. The van der Waals surface area contributed by atoms with Crippen molar-refractivity contribution in [2.45, 2.75) is 19.7 Å². The van der Waals surface area contributed by atoms with Crippen LogP contribution in [-0.2, 0) is 0 Å². The number of thioether (sulfide) groups is 2. The summed E-state index contributed by atoms with van der Waals surface area (Å²) in [7, 11) is 8.27. The highest BCUT2D eigenvalue weighted by Crippen LogP contribution is 2.75. The van der Waals surface area contributed by atoms with Gasteiger partial charge in [-0.2, -0.15) is 0 Å². The molecule has 0 unspecified atom stereocenters. The Balaban J connectivity index is 1.67. The molecule has 3 aliphatic heterocycles. The van der Waals surface area contributed by atoms with E-state index in [0.29, 0.717) is 6.82 Å². The van der Waals surface area contributed by atoms with E-state index < -0.39 is 0 Å². The number of hydrogen-bond donors (Lipinski definition) is 0. The van der Waals surface area contributed by atoms with Gasteiger partial charge in [-0.05, 0) is 10.8 Å². The minimum absolute atomic E-state index is 0.379. The van der Waals surface area contributed by atoms with Crippen molar-refractivity contribution in [1.29, 1.82) is 0 Å². The molecule has 0 saturated carbocycles. The predicted molar refractivity (Wildman–Crippen MR) is 78.5 cm³/mol. The van der Waals surface area contributed by atoms with Gasteiger partial charge >= 0.3 is 0 Å². The molecule has 0 aromatic heterocycles. The second kappa shape index (κ2) is 4.11. The van der Waals surface area contributed by atoms with E-state index in [0.717, 1.165) is 0 Å². The van der Waals surface area contributed by atoms with Crippen LogP contribution in [0.5, 0.6) is 0 Å². The fraction of sp³-hybridized carbons (Fsp3) is 0.500. The zero-order chi connectivity index (χ0) is 9.49. The van der Waals surface area contributed by atoms with E-state index in [4.69, 9.17) is 0 Å². The van der Waals surface area contributed by atoms with Crippen molar-refractivity contribution in [2.75, 3.05) is 0 Å². The lowest BCUT2D eigenvalue weighted by Crippen LogP contribution is -2.19. The van der Waals surface area contributed by atoms with Crippen molar-refractivity contribution >= 4 is 66.7 Å². The van der Waals surface area contributed by atoms with Crippen LogP contribution in [-0.4, -0.2) is 6.82 Å². The molecule has 0 aromatic carbocycles. The second-order valence-electron chi connectivity index (χ2n) is 3.09. The molecule has 3 heterocycles. The fourth-order valence-electron chi connectivity index (χ4n) is 1.28. The maximum atomic E-state index is 2.30. The predicted octanol–water partition coefficient (Wildman–Crippen LogP) is 5.37. The first kappa shape index (κ1) is 10.7. The monoisotopic (exact) mass is 296 g/mol. The lowest BCUT2D eigenvalue weighted by Gasteiger charge is -2.38. The van der Waals surface area contributed by atoms with E-state index >= 15 is 0 Å². The van der Waals surface area contributed by atoms with Gasteiger partial charge in [-0.15, -0.1) is 23.5 Å². The van der Waals surface area contributed by atoms with Crippen molar-refractivity contribution in [3.63, 3.8) is 0 Å². The molecule has 1 fully saturated rings. The third kappa shape index (κ3) is 1.91. The van der Waals surface area contributed by atoms with Crippen molar-refractivity contribution in [3.8, 4) is 0 Å². The van der Waals surface area contributed by atoms with E-state index in [9.17, 15) is 0 Å². The van der Waals surface area contributed by atoms with Gasteiger partial charge in [-0.25, -0.2) is 0 Å². The average Bonchev–Trinajstić information content (AvgIpc) is 2.81. The summed E-state index contributed by atoms with van der Waals surface area (Å²) < 4.78 is 0.757. The van der Waals surface area contributed by atoms with Crippen LogP contribution < -0.4 is 0 Å². The molecule has 0 N–H and O–H groups in total. The van der Waals surface area contributed by atoms with Crippen LogP contribution >= 0.6 is 66.7 Å². The van der Waals surface area contributed by atoms with Gasteiger partial charge < -0.3 is 0 Å². The molecular weight excluding hydrogens is 288 g/mol. The lowest BCUT2D eigenvalue weighted by atomic mass is 10.5. The largest absolute Gasteiger partial charge is 0.134 e. The quantitative estimate of drug-likeness (QED) is 0.547. The minimum atomic E-state index is 0.379.